The maximum Gasteiger partial charge on any atom is 0.135 e. The van der Waals surface area contributed by atoms with Crippen LogP contribution in [0.1, 0.15) is 38.4 Å². The van der Waals surface area contributed by atoms with Crippen molar-refractivity contribution >= 4 is 0 Å². The summed E-state index contributed by atoms with van der Waals surface area (Å²) in [6, 6.07) is 2.16. The molecule has 4 heteroatoms. The second-order valence-electron chi connectivity index (χ2n) is 4.27. The van der Waals surface area contributed by atoms with Crippen LogP contribution in [0.2, 0.25) is 0 Å². The standard InChI is InChI=1S/C13H18F2O2/c1-4-8(2)5-12(16)13-10(14)6-9(17-3)7-11(13)15/h6-8,12,16H,4-5H2,1-3H3. The van der Waals surface area contributed by atoms with Crippen LogP contribution in [0.25, 0.3) is 0 Å². The van der Waals surface area contributed by atoms with Crippen LogP contribution < -0.4 is 4.74 Å². The predicted molar refractivity (Wildman–Crippen MR) is 61.9 cm³/mol. The lowest BCUT2D eigenvalue weighted by Gasteiger charge is -2.17. The van der Waals surface area contributed by atoms with Crippen LogP contribution in [0.3, 0.4) is 0 Å². The second-order valence-corrected chi connectivity index (χ2v) is 4.27. The molecule has 2 unspecified atom stereocenters. The topological polar surface area (TPSA) is 29.5 Å². The summed E-state index contributed by atoms with van der Waals surface area (Å²) in [6.07, 6.45) is 0.0866. The van der Waals surface area contributed by atoms with Crippen LogP contribution in [-0.2, 0) is 0 Å². The molecule has 1 aromatic rings. The highest BCUT2D eigenvalue weighted by Gasteiger charge is 2.20. The van der Waals surface area contributed by atoms with Gasteiger partial charge in [-0.05, 0) is 12.3 Å². The quantitative estimate of drug-likeness (QED) is 0.859. The summed E-state index contributed by atoms with van der Waals surface area (Å²) in [5.41, 5.74) is -0.272. The van der Waals surface area contributed by atoms with Gasteiger partial charge in [0.25, 0.3) is 0 Å². The highest BCUT2D eigenvalue weighted by molar-refractivity contribution is 5.31. The lowest BCUT2D eigenvalue weighted by atomic mass is 9.96. The molecule has 0 aliphatic heterocycles. The molecular formula is C13H18F2O2. The fraction of sp³-hybridized carbons (Fsp3) is 0.538. The molecule has 0 amide bonds. The molecule has 0 heterocycles. The van der Waals surface area contributed by atoms with E-state index in [-0.39, 0.29) is 17.2 Å². The van der Waals surface area contributed by atoms with E-state index in [9.17, 15) is 13.9 Å². The minimum Gasteiger partial charge on any atom is -0.497 e. The van der Waals surface area contributed by atoms with Crippen LogP contribution in [-0.4, -0.2) is 12.2 Å². The van der Waals surface area contributed by atoms with Gasteiger partial charge in [-0.25, -0.2) is 8.78 Å². The number of benzene rings is 1. The summed E-state index contributed by atoms with van der Waals surface area (Å²) in [7, 11) is 1.34. The first kappa shape index (κ1) is 13.9. The number of aliphatic hydroxyl groups is 1. The molecule has 0 aliphatic carbocycles. The van der Waals surface area contributed by atoms with E-state index >= 15 is 0 Å². The van der Waals surface area contributed by atoms with E-state index < -0.39 is 17.7 Å². The molecule has 2 atom stereocenters. The van der Waals surface area contributed by atoms with Gasteiger partial charge < -0.3 is 9.84 Å². The van der Waals surface area contributed by atoms with E-state index in [0.717, 1.165) is 18.6 Å². The van der Waals surface area contributed by atoms with Gasteiger partial charge in [0.15, 0.2) is 0 Å². The molecule has 0 saturated carbocycles. The van der Waals surface area contributed by atoms with Gasteiger partial charge in [0.05, 0.1) is 18.8 Å². The van der Waals surface area contributed by atoms with Crippen molar-refractivity contribution < 1.29 is 18.6 Å². The zero-order chi connectivity index (χ0) is 13.0. The van der Waals surface area contributed by atoms with Gasteiger partial charge in [0, 0.05) is 12.1 Å². The molecule has 0 aromatic heterocycles. The lowest BCUT2D eigenvalue weighted by molar-refractivity contribution is 0.137. The van der Waals surface area contributed by atoms with E-state index in [1.54, 1.807) is 0 Å². The Kier molecular flexibility index (Phi) is 4.87. The normalized spacial score (nSPS) is 14.5. The summed E-state index contributed by atoms with van der Waals surface area (Å²) in [5, 5.41) is 9.83. The monoisotopic (exact) mass is 244 g/mol. The van der Waals surface area contributed by atoms with E-state index in [4.69, 9.17) is 4.74 Å². The van der Waals surface area contributed by atoms with E-state index in [0.29, 0.717) is 6.42 Å². The minimum absolute atomic E-state index is 0.111. The maximum absolute atomic E-state index is 13.6. The van der Waals surface area contributed by atoms with Crippen molar-refractivity contribution in [1.82, 2.24) is 0 Å². The average molecular weight is 244 g/mol. The molecule has 0 aliphatic rings. The molecule has 17 heavy (non-hydrogen) atoms. The number of ether oxygens (including phenoxy) is 1. The van der Waals surface area contributed by atoms with E-state index in [1.165, 1.54) is 7.11 Å². The van der Waals surface area contributed by atoms with Crippen molar-refractivity contribution in [3.05, 3.63) is 29.3 Å². The van der Waals surface area contributed by atoms with Crippen LogP contribution in [0.4, 0.5) is 8.78 Å². The Labute approximate surface area is 100 Å². The van der Waals surface area contributed by atoms with Gasteiger partial charge >= 0.3 is 0 Å². The predicted octanol–water partition coefficient (Wildman–Crippen LogP) is 3.44. The largest absolute Gasteiger partial charge is 0.497 e. The van der Waals surface area contributed by atoms with Crippen LogP contribution >= 0.6 is 0 Å². The fourth-order valence-electron chi connectivity index (χ4n) is 1.66. The number of halogens is 2. The minimum atomic E-state index is -1.11. The van der Waals surface area contributed by atoms with Gasteiger partial charge in [-0.1, -0.05) is 20.3 Å². The van der Waals surface area contributed by atoms with Crippen LogP contribution in [0.5, 0.6) is 5.75 Å². The van der Waals surface area contributed by atoms with Gasteiger partial charge in [0.1, 0.15) is 17.4 Å². The van der Waals surface area contributed by atoms with E-state index in [1.807, 2.05) is 13.8 Å². The van der Waals surface area contributed by atoms with Gasteiger partial charge in [-0.3, -0.25) is 0 Å². The summed E-state index contributed by atoms with van der Waals surface area (Å²) < 4.78 is 32.0. The summed E-state index contributed by atoms with van der Waals surface area (Å²) in [6.45, 7) is 3.90. The Morgan fingerprint density at radius 1 is 1.29 bits per heavy atom. The Balaban J connectivity index is 2.97. The molecule has 2 nitrogen and oxygen atoms in total. The molecule has 0 bridgehead atoms. The van der Waals surface area contributed by atoms with Crippen molar-refractivity contribution in [3.63, 3.8) is 0 Å². The van der Waals surface area contributed by atoms with Crippen LogP contribution in [0.15, 0.2) is 12.1 Å². The first-order valence-electron chi connectivity index (χ1n) is 5.70. The van der Waals surface area contributed by atoms with Crippen molar-refractivity contribution in [3.8, 4) is 5.75 Å². The van der Waals surface area contributed by atoms with Crippen molar-refractivity contribution in [2.75, 3.05) is 7.11 Å². The first-order valence-corrected chi connectivity index (χ1v) is 5.70. The molecule has 1 aromatic carbocycles. The highest BCUT2D eigenvalue weighted by atomic mass is 19.1. The van der Waals surface area contributed by atoms with Gasteiger partial charge in [0.2, 0.25) is 0 Å². The maximum atomic E-state index is 13.6. The fourth-order valence-corrected chi connectivity index (χ4v) is 1.66. The molecule has 0 saturated heterocycles. The summed E-state index contributed by atoms with van der Waals surface area (Å²) >= 11 is 0. The third kappa shape index (κ3) is 3.40. The SMILES string of the molecule is CCC(C)CC(O)c1c(F)cc(OC)cc1F. The smallest absolute Gasteiger partial charge is 0.135 e. The molecule has 0 spiro atoms. The molecule has 0 radical (unpaired) electrons. The van der Waals surface area contributed by atoms with Crippen molar-refractivity contribution in [2.45, 2.75) is 32.8 Å². The molecule has 96 valence electrons. The molecule has 0 fully saturated rings. The Hall–Kier alpha value is -1.16. The number of hydrogen-bond donors (Lipinski definition) is 1. The Morgan fingerprint density at radius 2 is 1.82 bits per heavy atom. The average Bonchev–Trinajstić information content (AvgIpc) is 2.27. The second kappa shape index (κ2) is 5.96. The Morgan fingerprint density at radius 3 is 2.24 bits per heavy atom. The van der Waals surface area contributed by atoms with Gasteiger partial charge in [-0.15, -0.1) is 0 Å². The zero-order valence-electron chi connectivity index (χ0n) is 10.3. The molecule has 1 rings (SSSR count). The Bertz CT molecular complexity index is 357. The third-order valence-corrected chi connectivity index (χ3v) is 2.94. The summed E-state index contributed by atoms with van der Waals surface area (Å²) in [5.74, 6) is -1.21. The van der Waals surface area contributed by atoms with Gasteiger partial charge in [-0.2, -0.15) is 0 Å². The number of aliphatic hydroxyl groups excluding tert-OH is 1. The third-order valence-electron chi connectivity index (χ3n) is 2.94. The lowest BCUT2D eigenvalue weighted by Crippen LogP contribution is -2.08. The molecular weight excluding hydrogens is 226 g/mol. The number of rotatable bonds is 5. The van der Waals surface area contributed by atoms with Crippen LogP contribution in [0, 0.1) is 17.6 Å². The first-order chi connectivity index (χ1) is 7.99. The van der Waals surface area contributed by atoms with Crippen molar-refractivity contribution in [2.24, 2.45) is 5.92 Å². The van der Waals surface area contributed by atoms with Crippen molar-refractivity contribution in [1.29, 1.82) is 0 Å². The number of hydrogen-bond acceptors (Lipinski definition) is 2. The highest BCUT2D eigenvalue weighted by Crippen LogP contribution is 2.29. The number of methoxy groups -OCH3 is 1. The summed E-state index contributed by atoms with van der Waals surface area (Å²) in [4.78, 5) is 0. The van der Waals surface area contributed by atoms with E-state index in [2.05, 4.69) is 0 Å². The molecule has 1 N–H and O–H groups in total. The zero-order valence-corrected chi connectivity index (χ0v) is 10.3.